The largest absolute Gasteiger partial charge is 0.208 e. The van der Waals surface area contributed by atoms with Crippen molar-refractivity contribution in [3.63, 3.8) is 0 Å². The second-order valence-corrected chi connectivity index (χ2v) is 14.9. The summed E-state index contributed by atoms with van der Waals surface area (Å²) in [7, 11) is 0. The molecule has 0 aliphatic heterocycles. The molecule has 0 aliphatic carbocycles. The van der Waals surface area contributed by atoms with Crippen LogP contribution in [0.2, 0.25) is 0 Å². The maximum Gasteiger partial charge on any atom is 0.164 e. The molecule has 10 aromatic rings. The molecule has 0 aliphatic rings. The maximum absolute atomic E-state index is 5.35. The fourth-order valence-electron chi connectivity index (χ4n) is 7.81. The summed E-state index contributed by atoms with van der Waals surface area (Å²) in [6.45, 7) is 0. The molecule has 282 valence electrons. The molecule has 1 aromatic heterocycles. The normalized spacial score (nSPS) is 11.0. The fourth-order valence-corrected chi connectivity index (χ4v) is 7.81. The van der Waals surface area contributed by atoms with Crippen LogP contribution in [-0.2, 0) is 0 Å². The molecule has 0 saturated heterocycles. The molecule has 0 spiro atoms. The van der Waals surface area contributed by atoms with Crippen molar-refractivity contribution in [1.82, 2.24) is 15.0 Å². The summed E-state index contributed by atoms with van der Waals surface area (Å²) in [4.78, 5) is 15.8. The Kier molecular flexibility index (Phi) is 9.97. The lowest BCUT2D eigenvalue weighted by molar-refractivity contribution is 1.07. The number of benzene rings is 9. The van der Waals surface area contributed by atoms with Crippen LogP contribution in [0.1, 0.15) is 0 Å². The molecule has 10 rings (SSSR count). The Bertz CT molecular complexity index is 2870. The van der Waals surface area contributed by atoms with Gasteiger partial charge in [0.15, 0.2) is 17.5 Å². The van der Waals surface area contributed by atoms with Gasteiger partial charge in [0.1, 0.15) is 0 Å². The Hall–Kier alpha value is -8.01. The lowest BCUT2D eigenvalue weighted by atomic mass is 9.93. The van der Waals surface area contributed by atoms with Crippen LogP contribution < -0.4 is 0 Å². The Morgan fingerprint density at radius 3 is 0.683 bits per heavy atom. The molecule has 60 heavy (non-hydrogen) atoms. The van der Waals surface area contributed by atoms with Crippen molar-refractivity contribution in [2.45, 2.75) is 0 Å². The third-order valence-corrected chi connectivity index (χ3v) is 10.9. The van der Waals surface area contributed by atoms with Crippen LogP contribution >= 0.6 is 0 Å². The van der Waals surface area contributed by atoms with Crippen LogP contribution in [0.15, 0.2) is 237 Å². The average molecular weight is 766 g/mol. The second-order valence-electron chi connectivity index (χ2n) is 14.9. The molecule has 0 saturated carbocycles. The summed E-state index contributed by atoms with van der Waals surface area (Å²) < 4.78 is 0. The highest BCUT2D eigenvalue weighted by molar-refractivity contribution is 5.84. The summed E-state index contributed by atoms with van der Waals surface area (Å²) >= 11 is 0. The Morgan fingerprint density at radius 1 is 0.150 bits per heavy atom. The molecular weight excluding hydrogens is 727 g/mol. The minimum Gasteiger partial charge on any atom is -0.208 e. The van der Waals surface area contributed by atoms with Gasteiger partial charge in [-0.2, -0.15) is 0 Å². The standard InChI is InChI=1S/C57H39N3/c1-6-18-40(19-7-1)45-28-16-30-47(32-45)51-34-49(42-22-10-3-11-23-42)36-53(38-51)56-58-55(44-26-14-5-15-27-44)59-57(60-56)54-37-50(43-24-12-4-13-25-43)35-52(39-54)48-31-17-29-46(33-48)41-20-8-2-9-21-41/h1-39H. The Labute approximate surface area is 351 Å². The van der Waals surface area contributed by atoms with Crippen LogP contribution in [0.4, 0.5) is 0 Å². The van der Waals surface area contributed by atoms with E-state index in [1.807, 2.05) is 18.2 Å². The van der Waals surface area contributed by atoms with Crippen LogP contribution in [-0.4, -0.2) is 15.0 Å². The van der Waals surface area contributed by atoms with E-state index in [1.165, 1.54) is 11.1 Å². The Morgan fingerprint density at radius 2 is 0.350 bits per heavy atom. The molecule has 0 bridgehead atoms. The first-order chi connectivity index (χ1) is 29.7. The number of rotatable bonds is 9. The molecule has 9 aromatic carbocycles. The topological polar surface area (TPSA) is 38.7 Å². The molecule has 1 heterocycles. The summed E-state index contributed by atoms with van der Waals surface area (Å²) in [5.74, 6) is 1.83. The zero-order valence-electron chi connectivity index (χ0n) is 32.9. The van der Waals surface area contributed by atoms with Gasteiger partial charge in [-0.15, -0.1) is 0 Å². The van der Waals surface area contributed by atoms with Crippen molar-refractivity contribution in [1.29, 1.82) is 0 Å². The van der Waals surface area contributed by atoms with Crippen molar-refractivity contribution in [3.8, 4) is 101 Å². The predicted octanol–water partition coefficient (Wildman–Crippen LogP) is 14.9. The smallest absolute Gasteiger partial charge is 0.164 e. The van der Waals surface area contributed by atoms with Gasteiger partial charge in [0.25, 0.3) is 0 Å². The monoisotopic (exact) mass is 765 g/mol. The molecule has 0 unspecified atom stereocenters. The summed E-state index contributed by atoms with van der Waals surface area (Å²) in [6, 6.07) is 83.1. The summed E-state index contributed by atoms with van der Waals surface area (Å²) in [5, 5.41) is 0. The van der Waals surface area contributed by atoms with E-state index in [0.717, 1.165) is 72.3 Å². The van der Waals surface area contributed by atoms with E-state index in [2.05, 4.69) is 218 Å². The first kappa shape index (κ1) is 36.3. The molecule has 0 N–H and O–H groups in total. The van der Waals surface area contributed by atoms with Gasteiger partial charge in [-0.3, -0.25) is 0 Å². The van der Waals surface area contributed by atoms with E-state index >= 15 is 0 Å². The first-order valence-electron chi connectivity index (χ1n) is 20.3. The summed E-state index contributed by atoms with van der Waals surface area (Å²) in [5.41, 5.74) is 16.2. The number of aromatic nitrogens is 3. The van der Waals surface area contributed by atoms with Crippen LogP contribution in [0.25, 0.3) is 101 Å². The lowest BCUT2D eigenvalue weighted by Crippen LogP contribution is -2.01. The molecular formula is C57H39N3. The molecule has 3 heteroatoms. The number of hydrogen-bond donors (Lipinski definition) is 0. The molecule has 3 nitrogen and oxygen atoms in total. The van der Waals surface area contributed by atoms with E-state index in [-0.39, 0.29) is 0 Å². The molecule has 0 fully saturated rings. The summed E-state index contributed by atoms with van der Waals surface area (Å²) in [6.07, 6.45) is 0. The number of nitrogens with zero attached hydrogens (tertiary/aromatic N) is 3. The lowest BCUT2D eigenvalue weighted by Gasteiger charge is -2.14. The second kappa shape index (κ2) is 16.5. The van der Waals surface area contributed by atoms with Gasteiger partial charge in [0, 0.05) is 16.7 Å². The van der Waals surface area contributed by atoms with E-state index < -0.39 is 0 Å². The quantitative estimate of drug-likeness (QED) is 0.147. The third kappa shape index (κ3) is 7.80. The number of hydrogen-bond acceptors (Lipinski definition) is 3. The van der Waals surface area contributed by atoms with E-state index in [9.17, 15) is 0 Å². The first-order valence-corrected chi connectivity index (χ1v) is 20.3. The van der Waals surface area contributed by atoms with E-state index in [4.69, 9.17) is 15.0 Å². The van der Waals surface area contributed by atoms with Crippen LogP contribution in [0.3, 0.4) is 0 Å². The van der Waals surface area contributed by atoms with Crippen LogP contribution in [0.5, 0.6) is 0 Å². The van der Waals surface area contributed by atoms with Gasteiger partial charge in [-0.05, 0) is 115 Å². The SMILES string of the molecule is c1ccc(-c2cccc(-c3cc(-c4ccccc4)cc(-c4nc(-c5ccccc5)nc(-c5cc(-c6ccccc6)cc(-c6cccc(-c7ccccc7)c6)c5)n4)c3)c2)cc1. The fraction of sp³-hybridized carbons (Fsp3) is 0. The Balaban J connectivity index is 1.17. The minimum absolute atomic E-state index is 0.606. The molecule has 0 amide bonds. The van der Waals surface area contributed by atoms with Crippen molar-refractivity contribution in [3.05, 3.63) is 237 Å². The molecule has 0 radical (unpaired) electrons. The van der Waals surface area contributed by atoms with E-state index in [0.29, 0.717) is 17.5 Å². The zero-order valence-corrected chi connectivity index (χ0v) is 32.9. The predicted molar refractivity (Wildman–Crippen MR) is 249 cm³/mol. The highest BCUT2D eigenvalue weighted by atomic mass is 15.0. The van der Waals surface area contributed by atoms with Crippen molar-refractivity contribution in [2.24, 2.45) is 0 Å². The minimum atomic E-state index is 0.606. The van der Waals surface area contributed by atoms with Gasteiger partial charge in [-0.1, -0.05) is 188 Å². The van der Waals surface area contributed by atoms with Gasteiger partial charge in [0.2, 0.25) is 0 Å². The van der Waals surface area contributed by atoms with Crippen LogP contribution in [0, 0.1) is 0 Å². The zero-order chi connectivity index (χ0) is 40.1. The highest BCUT2D eigenvalue weighted by Gasteiger charge is 2.17. The van der Waals surface area contributed by atoms with Gasteiger partial charge < -0.3 is 0 Å². The average Bonchev–Trinajstić information content (AvgIpc) is 3.35. The van der Waals surface area contributed by atoms with Crippen molar-refractivity contribution in [2.75, 3.05) is 0 Å². The third-order valence-electron chi connectivity index (χ3n) is 10.9. The van der Waals surface area contributed by atoms with Crippen molar-refractivity contribution >= 4 is 0 Å². The van der Waals surface area contributed by atoms with Gasteiger partial charge in [-0.25, -0.2) is 15.0 Å². The van der Waals surface area contributed by atoms with E-state index in [1.54, 1.807) is 0 Å². The highest BCUT2D eigenvalue weighted by Crippen LogP contribution is 2.37. The van der Waals surface area contributed by atoms with Gasteiger partial charge in [0.05, 0.1) is 0 Å². The maximum atomic E-state index is 5.35. The van der Waals surface area contributed by atoms with Crippen molar-refractivity contribution < 1.29 is 0 Å². The van der Waals surface area contributed by atoms with Gasteiger partial charge >= 0.3 is 0 Å². The molecule has 0 atom stereocenters.